The average Bonchev–Trinajstić information content (AvgIpc) is 3.61. The van der Waals surface area contributed by atoms with E-state index in [1.165, 1.54) is 108 Å². The summed E-state index contributed by atoms with van der Waals surface area (Å²) in [5.41, 5.74) is 13.1. The average molecular weight is 691 g/mol. The summed E-state index contributed by atoms with van der Waals surface area (Å²) in [5.74, 6) is 0. The SMILES string of the molecule is C1=Cc2c(cccc2-c2c(-c3ccc(-c4c5ccccc5c(-c5cccc6ccccc56)c5ccccc45)cc3)ccc3sc4ccccc4c23)CC1. The molecule has 11 rings (SSSR count). The van der Waals surface area contributed by atoms with Crippen molar-refractivity contribution in [2.75, 3.05) is 0 Å². The Hall–Kier alpha value is -6.28. The van der Waals surface area contributed by atoms with Gasteiger partial charge in [-0.05, 0) is 113 Å². The number of thiophene rings is 1. The van der Waals surface area contributed by atoms with Crippen LogP contribution in [0.5, 0.6) is 0 Å². The lowest BCUT2D eigenvalue weighted by Gasteiger charge is -2.20. The normalized spacial score (nSPS) is 12.7. The van der Waals surface area contributed by atoms with Crippen molar-refractivity contribution >= 4 is 69.9 Å². The second-order valence-corrected chi connectivity index (χ2v) is 15.3. The number of fused-ring (bicyclic) bond motifs is 7. The lowest BCUT2D eigenvalue weighted by molar-refractivity contribution is 0.987. The molecule has 1 aliphatic carbocycles. The summed E-state index contributed by atoms with van der Waals surface area (Å²) < 4.78 is 2.67. The lowest BCUT2D eigenvalue weighted by atomic mass is 9.83. The summed E-state index contributed by atoms with van der Waals surface area (Å²) in [6.45, 7) is 0. The number of benzene rings is 9. The highest BCUT2D eigenvalue weighted by atomic mass is 32.1. The van der Waals surface area contributed by atoms with Gasteiger partial charge in [0.15, 0.2) is 0 Å². The Kier molecular flexibility index (Phi) is 6.96. The van der Waals surface area contributed by atoms with E-state index in [2.05, 4.69) is 182 Å². The second kappa shape index (κ2) is 12.2. The van der Waals surface area contributed by atoms with Gasteiger partial charge < -0.3 is 0 Å². The third-order valence-corrected chi connectivity index (χ3v) is 12.5. The van der Waals surface area contributed by atoms with Gasteiger partial charge in [-0.25, -0.2) is 0 Å². The third kappa shape index (κ3) is 4.74. The van der Waals surface area contributed by atoms with Crippen molar-refractivity contribution in [1.29, 1.82) is 0 Å². The van der Waals surface area contributed by atoms with Crippen LogP contribution < -0.4 is 0 Å². The molecule has 0 nitrogen and oxygen atoms in total. The summed E-state index contributed by atoms with van der Waals surface area (Å²) in [5, 5.41) is 10.3. The molecule has 0 fully saturated rings. The number of rotatable bonds is 4. The van der Waals surface area contributed by atoms with Crippen LogP contribution in [-0.2, 0) is 6.42 Å². The highest BCUT2D eigenvalue weighted by Gasteiger charge is 2.21. The van der Waals surface area contributed by atoms with E-state index in [-0.39, 0.29) is 0 Å². The molecule has 1 aliphatic rings. The van der Waals surface area contributed by atoms with Crippen LogP contribution in [0.1, 0.15) is 17.5 Å². The van der Waals surface area contributed by atoms with Crippen molar-refractivity contribution < 1.29 is 0 Å². The number of allylic oxidation sites excluding steroid dienone is 1. The van der Waals surface area contributed by atoms with Gasteiger partial charge in [0.1, 0.15) is 0 Å². The topological polar surface area (TPSA) is 0 Å². The lowest BCUT2D eigenvalue weighted by Crippen LogP contribution is -1.98. The van der Waals surface area contributed by atoms with Crippen LogP contribution in [0.2, 0.25) is 0 Å². The second-order valence-electron chi connectivity index (χ2n) is 14.2. The first-order chi connectivity index (χ1) is 26.3. The van der Waals surface area contributed by atoms with Gasteiger partial charge in [0.05, 0.1) is 0 Å². The molecule has 1 aromatic heterocycles. The Labute approximate surface area is 312 Å². The molecule has 0 bridgehead atoms. The van der Waals surface area contributed by atoms with Gasteiger partial charge in [0, 0.05) is 20.2 Å². The minimum Gasteiger partial charge on any atom is -0.135 e. The first-order valence-electron chi connectivity index (χ1n) is 18.6. The molecule has 0 N–H and O–H groups in total. The fourth-order valence-electron chi connectivity index (χ4n) is 9.01. The molecule has 248 valence electrons. The maximum Gasteiger partial charge on any atom is 0.0362 e. The molecule has 1 heteroatoms. The number of aryl methyl sites for hydroxylation is 1. The standard InChI is InChI=1S/C52H34S/c1-3-17-37-33(13-1)15-11-24-40(37)50-44-21-7-5-19-42(44)49(43-20-6-8-22-45(43)50)36-29-27-35(28-30-36)39-31-32-48-52(46-23-9-10-26-47(46)53-48)51(39)41-25-12-16-34-14-2-4-18-38(34)41/h1,3-13,15-32H,2,14H2. The summed E-state index contributed by atoms with van der Waals surface area (Å²) in [7, 11) is 0. The first-order valence-corrected chi connectivity index (χ1v) is 19.4. The van der Waals surface area contributed by atoms with E-state index in [0.717, 1.165) is 12.8 Å². The van der Waals surface area contributed by atoms with Crippen molar-refractivity contribution in [3.8, 4) is 44.5 Å². The minimum atomic E-state index is 1.09. The highest BCUT2D eigenvalue weighted by Crippen LogP contribution is 2.49. The van der Waals surface area contributed by atoms with Crippen LogP contribution >= 0.6 is 11.3 Å². The van der Waals surface area contributed by atoms with Gasteiger partial charge in [-0.15, -0.1) is 11.3 Å². The number of hydrogen-bond acceptors (Lipinski definition) is 1. The predicted molar refractivity (Wildman–Crippen MR) is 231 cm³/mol. The molecule has 0 atom stereocenters. The summed E-state index contributed by atoms with van der Waals surface area (Å²) in [4.78, 5) is 0. The zero-order valence-corrected chi connectivity index (χ0v) is 30.0. The van der Waals surface area contributed by atoms with Gasteiger partial charge >= 0.3 is 0 Å². The quantitative estimate of drug-likeness (QED) is 0.161. The smallest absolute Gasteiger partial charge is 0.0362 e. The van der Waals surface area contributed by atoms with Gasteiger partial charge in [0.2, 0.25) is 0 Å². The van der Waals surface area contributed by atoms with Crippen molar-refractivity contribution in [3.05, 3.63) is 187 Å². The van der Waals surface area contributed by atoms with Crippen LogP contribution in [0.4, 0.5) is 0 Å². The van der Waals surface area contributed by atoms with E-state index in [1.54, 1.807) is 0 Å². The fourth-order valence-corrected chi connectivity index (χ4v) is 10.1. The molecule has 0 radical (unpaired) electrons. The highest BCUT2D eigenvalue weighted by molar-refractivity contribution is 7.26. The maximum atomic E-state index is 2.36. The van der Waals surface area contributed by atoms with E-state index in [0.29, 0.717) is 0 Å². The Bertz CT molecular complexity index is 3040. The molecule has 1 heterocycles. The molecule has 0 unspecified atom stereocenters. The zero-order chi connectivity index (χ0) is 34.9. The van der Waals surface area contributed by atoms with Gasteiger partial charge in [-0.1, -0.05) is 170 Å². The molecule has 10 aromatic rings. The Balaban J connectivity index is 1.14. The van der Waals surface area contributed by atoms with E-state index in [9.17, 15) is 0 Å². The third-order valence-electron chi connectivity index (χ3n) is 11.3. The summed E-state index contributed by atoms with van der Waals surface area (Å²) >= 11 is 1.90. The van der Waals surface area contributed by atoms with Crippen molar-refractivity contribution in [2.45, 2.75) is 12.8 Å². The monoisotopic (exact) mass is 690 g/mol. The minimum absolute atomic E-state index is 1.09. The van der Waals surface area contributed by atoms with Crippen LogP contribution in [0, 0.1) is 0 Å². The molecule has 0 saturated heterocycles. The molecule has 0 saturated carbocycles. The van der Waals surface area contributed by atoms with E-state index < -0.39 is 0 Å². The van der Waals surface area contributed by atoms with Gasteiger partial charge in [0.25, 0.3) is 0 Å². The molecule has 9 aromatic carbocycles. The predicted octanol–water partition coefficient (Wildman–Crippen LogP) is 15.1. The van der Waals surface area contributed by atoms with Gasteiger partial charge in [-0.3, -0.25) is 0 Å². The molecule has 0 amide bonds. The largest absolute Gasteiger partial charge is 0.135 e. The van der Waals surface area contributed by atoms with E-state index in [4.69, 9.17) is 0 Å². The molecule has 0 aliphatic heterocycles. The Morgan fingerprint density at radius 3 is 1.75 bits per heavy atom. The molecular formula is C52H34S. The van der Waals surface area contributed by atoms with Crippen molar-refractivity contribution in [1.82, 2.24) is 0 Å². The Morgan fingerprint density at radius 2 is 0.981 bits per heavy atom. The molecular weight excluding hydrogens is 657 g/mol. The maximum absolute atomic E-state index is 2.36. The van der Waals surface area contributed by atoms with Crippen molar-refractivity contribution in [2.24, 2.45) is 0 Å². The first kappa shape index (κ1) is 30.4. The Morgan fingerprint density at radius 1 is 0.377 bits per heavy atom. The van der Waals surface area contributed by atoms with Crippen molar-refractivity contribution in [3.63, 3.8) is 0 Å². The summed E-state index contributed by atoms with van der Waals surface area (Å²) in [6, 6.07) is 63.3. The van der Waals surface area contributed by atoms with Crippen LogP contribution in [0.3, 0.4) is 0 Å². The van der Waals surface area contributed by atoms with Crippen LogP contribution in [0.15, 0.2) is 176 Å². The van der Waals surface area contributed by atoms with Crippen LogP contribution in [-0.4, -0.2) is 0 Å². The van der Waals surface area contributed by atoms with E-state index in [1.807, 2.05) is 11.3 Å². The molecule has 53 heavy (non-hydrogen) atoms. The van der Waals surface area contributed by atoms with Gasteiger partial charge in [-0.2, -0.15) is 0 Å². The number of hydrogen-bond donors (Lipinski definition) is 0. The van der Waals surface area contributed by atoms with Crippen LogP contribution in [0.25, 0.3) is 103 Å². The fraction of sp³-hybridized carbons (Fsp3) is 0.0385. The molecule has 0 spiro atoms. The van der Waals surface area contributed by atoms with E-state index >= 15 is 0 Å². The summed E-state index contributed by atoms with van der Waals surface area (Å²) in [6.07, 6.45) is 6.88. The zero-order valence-electron chi connectivity index (χ0n) is 29.1.